The summed E-state index contributed by atoms with van der Waals surface area (Å²) in [5.74, 6) is -0.199. The molecular weight excluding hydrogens is 229 g/mol. The predicted octanol–water partition coefficient (Wildman–Crippen LogP) is 2.32. The van der Waals surface area contributed by atoms with E-state index < -0.39 is 0 Å². The van der Waals surface area contributed by atoms with Crippen molar-refractivity contribution in [2.45, 2.75) is 32.0 Å². The highest BCUT2D eigenvalue weighted by Crippen LogP contribution is 2.19. The van der Waals surface area contributed by atoms with E-state index in [1.807, 2.05) is 16.9 Å². The SMILES string of the molecule is Fc1ccc(Cn2nccc2CNC2CC2)cc1. The van der Waals surface area contributed by atoms with Gasteiger partial charge in [-0.3, -0.25) is 4.68 Å². The molecule has 18 heavy (non-hydrogen) atoms. The van der Waals surface area contributed by atoms with E-state index in [1.54, 1.807) is 12.1 Å². The highest BCUT2D eigenvalue weighted by atomic mass is 19.1. The first-order valence-corrected chi connectivity index (χ1v) is 6.30. The second-order valence-corrected chi connectivity index (χ2v) is 4.76. The summed E-state index contributed by atoms with van der Waals surface area (Å²) in [5, 5.41) is 7.79. The van der Waals surface area contributed by atoms with Crippen molar-refractivity contribution in [1.29, 1.82) is 0 Å². The van der Waals surface area contributed by atoms with Gasteiger partial charge in [0.15, 0.2) is 0 Å². The average molecular weight is 245 g/mol. The van der Waals surface area contributed by atoms with Crippen LogP contribution in [-0.2, 0) is 13.1 Å². The van der Waals surface area contributed by atoms with Crippen molar-refractivity contribution >= 4 is 0 Å². The maximum Gasteiger partial charge on any atom is 0.123 e. The molecule has 0 aliphatic heterocycles. The molecule has 0 bridgehead atoms. The normalized spacial score (nSPS) is 14.9. The van der Waals surface area contributed by atoms with Crippen molar-refractivity contribution < 1.29 is 4.39 Å². The van der Waals surface area contributed by atoms with E-state index in [9.17, 15) is 4.39 Å². The van der Waals surface area contributed by atoms with Crippen LogP contribution in [0.4, 0.5) is 4.39 Å². The monoisotopic (exact) mass is 245 g/mol. The van der Waals surface area contributed by atoms with Gasteiger partial charge in [-0.1, -0.05) is 12.1 Å². The topological polar surface area (TPSA) is 29.9 Å². The summed E-state index contributed by atoms with van der Waals surface area (Å²) in [4.78, 5) is 0. The Bertz CT molecular complexity index is 514. The molecule has 1 fully saturated rings. The highest BCUT2D eigenvalue weighted by Gasteiger charge is 2.20. The largest absolute Gasteiger partial charge is 0.308 e. The number of nitrogens with one attached hydrogen (secondary N) is 1. The standard InChI is InChI=1S/C14H16FN3/c15-12-3-1-11(2-4-12)10-18-14(7-8-17-18)9-16-13-5-6-13/h1-4,7-8,13,16H,5-6,9-10H2. The fourth-order valence-electron chi connectivity index (χ4n) is 1.95. The minimum atomic E-state index is -0.199. The quantitative estimate of drug-likeness (QED) is 0.876. The van der Waals surface area contributed by atoms with Crippen LogP contribution in [0.3, 0.4) is 0 Å². The minimum absolute atomic E-state index is 0.199. The number of rotatable bonds is 5. The van der Waals surface area contributed by atoms with Gasteiger partial charge in [-0.25, -0.2) is 4.39 Å². The van der Waals surface area contributed by atoms with E-state index in [4.69, 9.17) is 0 Å². The Balaban J connectivity index is 1.67. The van der Waals surface area contributed by atoms with Crippen molar-refractivity contribution in [2.24, 2.45) is 0 Å². The maximum absolute atomic E-state index is 12.8. The Morgan fingerprint density at radius 3 is 2.72 bits per heavy atom. The van der Waals surface area contributed by atoms with Gasteiger partial charge in [-0.15, -0.1) is 0 Å². The molecule has 1 aromatic carbocycles. The molecule has 0 saturated heterocycles. The molecule has 1 aromatic heterocycles. The number of hydrogen-bond acceptors (Lipinski definition) is 2. The summed E-state index contributed by atoms with van der Waals surface area (Å²) >= 11 is 0. The van der Waals surface area contributed by atoms with Crippen LogP contribution in [0, 0.1) is 5.82 Å². The van der Waals surface area contributed by atoms with E-state index >= 15 is 0 Å². The Hall–Kier alpha value is -1.68. The molecule has 4 heteroatoms. The third-order valence-corrected chi connectivity index (χ3v) is 3.20. The summed E-state index contributed by atoms with van der Waals surface area (Å²) in [6.45, 7) is 1.54. The summed E-state index contributed by atoms with van der Waals surface area (Å²) in [5.41, 5.74) is 2.24. The molecule has 0 amide bonds. The summed E-state index contributed by atoms with van der Waals surface area (Å²) < 4.78 is 14.8. The zero-order valence-corrected chi connectivity index (χ0v) is 10.1. The Morgan fingerprint density at radius 2 is 2.00 bits per heavy atom. The third-order valence-electron chi connectivity index (χ3n) is 3.20. The van der Waals surface area contributed by atoms with E-state index in [2.05, 4.69) is 10.4 Å². The van der Waals surface area contributed by atoms with Gasteiger partial charge in [-0.2, -0.15) is 5.10 Å². The van der Waals surface area contributed by atoms with Crippen LogP contribution < -0.4 is 5.32 Å². The summed E-state index contributed by atoms with van der Waals surface area (Å²) in [6.07, 6.45) is 4.38. The molecule has 94 valence electrons. The molecule has 1 N–H and O–H groups in total. The van der Waals surface area contributed by atoms with Crippen LogP contribution in [0.25, 0.3) is 0 Å². The van der Waals surface area contributed by atoms with E-state index in [0.717, 1.165) is 12.1 Å². The Morgan fingerprint density at radius 1 is 1.22 bits per heavy atom. The smallest absolute Gasteiger partial charge is 0.123 e. The first-order chi connectivity index (χ1) is 8.81. The molecule has 0 spiro atoms. The predicted molar refractivity (Wildman–Crippen MR) is 67.6 cm³/mol. The third kappa shape index (κ3) is 2.76. The first-order valence-electron chi connectivity index (χ1n) is 6.30. The van der Waals surface area contributed by atoms with E-state index in [-0.39, 0.29) is 5.82 Å². The average Bonchev–Trinajstić information content (AvgIpc) is 3.11. The second kappa shape index (κ2) is 4.90. The van der Waals surface area contributed by atoms with E-state index in [1.165, 1.54) is 30.7 Å². The lowest BCUT2D eigenvalue weighted by molar-refractivity contribution is 0.591. The zero-order valence-electron chi connectivity index (χ0n) is 10.1. The highest BCUT2D eigenvalue weighted by molar-refractivity contribution is 5.17. The Kier molecular flexibility index (Phi) is 3.11. The van der Waals surface area contributed by atoms with Crippen molar-refractivity contribution in [3.05, 3.63) is 53.6 Å². The zero-order chi connectivity index (χ0) is 12.4. The maximum atomic E-state index is 12.8. The molecular formula is C14H16FN3. The van der Waals surface area contributed by atoms with Gasteiger partial charge in [-0.05, 0) is 36.6 Å². The van der Waals surface area contributed by atoms with Crippen molar-refractivity contribution in [3.63, 3.8) is 0 Å². The van der Waals surface area contributed by atoms with Crippen LogP contribution in [0.15, 0.2) is 36.5 Å². The van der Waals surface area contributed by atoms with Gasteiger partial charge in [0.2, 0.25) is 0 Å². The van der Waals surface area contributed by atoms with Gasteiger partial charge in [0.05, 0.1) is 12.2 Å². The molecule has 0 radical (unpaired) electrons. The molecule has 1 saturated carbocycles. The summed E-state index contributed by atoms with van der Waals surface area (Å²) in [7, 11) is 0. The van der Waals surface area contributed by atoms with Crippen LogP contribution >= 0.6 is 0 Å². The van der Waals surface area contributed by atoms with Crippen LogP contribution in [0.5, 0.6) is 0 Å². The van der Waals surface area contributed by atoms with E-state index in [0.29, 0.717) is 12.6 Å². The number of hydrogen-bond donors (Lipinski definition) is 1. The number of halogens is 1. The lowest BCUT2D eigenvalue weighted by atomic mass is 10.2. The van der Waals surface area contributed by atoms with Crippen LogP contribution in [-0.4, -0.2) is 15.8 Å². The lowest BCUT2D eigenvalue weighted by Gasteiger charge is -2.08. The minimum Gasteiger partial charge on any atom is -0.308 e. The van der Waals surface area contributed by atoms with Crippen LogP contribution in [0.2, 0.25) is 0 Å². The van der Waals surface area contributed by atoms with Gasteiger partial charge in [0.25, 0.3) is 0 Å². The van der Waals surface area contributed by atoms with Gasteiger partial charge >= 0.3 is 0 Å². The molecule has 3 nitrogen and oxygen atoms in total. The van der Waals surface area contributed by atoms with Crippen molar-refractivity contribution in [2.75, 3.05) is 0 Å². The lowest BCUT2D eigenvalue weighted by Crippen LogP contribution is -2.18. The van der Waals surface area contributed by atoms with Gasteiger partial charge in [0.1, 0.15) is 5.82 Å². The number of benzene rings is 1. The van der Waals surface area contributed by atoms with Gasteiger partial charge in [0, 0.05) is 18.8 Å². The molecule has 2 aromatic rings. The van der Waals surface area contributed by atoms with Crippen molar-refractivity contribution in [1.82, 2.24) is 15.1 Å². The molecule has 0 atom stereocenters. The number of aromatic nitrogens is 2. The first kappa shape index (κ1) is 11.4. The number of nitrogens with zero attached hydrogens (tertiary/aromatic N) is 2. The fourth-order valence-corrected chi connectivity index (χ4v) is 1.95. The van der Waals surface area contributed by atoms with Crippen LogP contribution in [0.1, 0.15) is 24.1 Å². The molecule has 1 aliphatic rings. The molecule has 1 heterocycles. The molecule has 1 aliphatic carbocycles. The Labute approximate surface area is 106 Å². The fraction of sp³-hybridized carbons (Fsp3) is 0.357. The molecule has 3 rings (SSSR count). The summed E-state index contributed by atoms with van der Waals surface area (Å²) in [6, 6.07) is 9.30. The second-order valence-electron chi connectivity index (χ2n) is 4.76. The van der Waals surface area contributed by atoms with Crippen molar-refractivity contribution in [3.8, 4) is 0 Å². The molecule has 0 unspecified atom stereocenters. The van der Waals surface area contributed by atoms with Gasteiger partial charge < -0.3 is 5.32 Å².